The molecule has 1 aromatic heterocycles. The zero-order valence-corrected chi connectivity index (χ0v) is 15.6. The van der Waals surface area contributed by atoms with E-state index in [1.54, 1.807) is 0 Å². The molecule has 1 heterocycles. The van der Waals surface area contributed by atoms with E-state index in [2.05, 4.69) is 35.4 Å². The van der Waals surface area contributed by atoms with Crippen molar-refractivity contribution in [1.82, 2.24) is 10.3 Å². The molecule has 0 fully saturated rings. The summed E-state index contributed by atoms with van der Waals surface area (Å²) < 4.78 is 0. The van der Waals surface area contributed by atoms with Crippen molar-refractivity contribution in [1.29, 1.82) is 0 Å². The van der Waals surface area contributed by atoms with Crippen molar-refractivity contribution < 1.29 is 9.90 Å². The van der Waals surface area contributed by atoms with Crippen LogP contribution in [0, 0.1) is 0 Å². The van der Waals surface area contributed by atoms with Crippen LogP contribution in [0.1, 0.15) is 43.2 Å². The fourth-order valence-corrected chi connectivity index (χ4v) is 3.38. The van der Waals surface area contributed by atoms with Gasteiger partial charge in [-0.05, 0) is 48.4 Å². The number of nitrogens with one attached hydrogen (secondary N) is 1. The van der Waals surface area contributed by atoms with E-state index in [0.717, 1.165) is 30.3 Å². The molecule has 1 unspecified atom stereocenters. The predicted molar refractivity (Wildman–Crippen MR) is 109 cm³/mol. The number of carbonyl (C=O) groups is 1. The van der Waals surface area contributed by atoms with Crippen molar-refractivity contribution >= 4 is 16.7 Å². The van der Waals surface area contributed by atoms with Gasteiger partial charge in [0.2, 0.25) is 0 Å². The van der Waals surface area contributed by atoms with Gasteiger partial charge in [0.15, 0.2) is 0 Å². The van der Waals surface area contributed by atoms with Crippen LogP contribution in [0.4, 0.5) is 0 Å². The Labute approximate surface area is 160 Å². The summed E-state index contributed by atoms with van der Waals surface area (Å²) in [6.45, 7) is 2.96. The fraction of sp³-hybridized carbons (Fsp3) is 0.304. The predicted octanol–water partition coefficient (Wildman–Crippen LogP) is 4.75. The van der Waals surface area contributed by atoms with E-state index in [9.17, 15) is 9.90 Å². The van der Waals surface area contributed by atoms with Gasteiger partial charge in [-0.1, -0.05) is 48.9 Å². The number of benzene rings is 2. The first-order chi connectivity index (χ1) is 13.1. The summed E-state index contributed by atoms with van der Waals surface area (Å²) in [5.41, 5.74) is 2.13. The number of aromatic nitrogens is 1. The molecule has 0 saturated heterocycles. The third-order valence-electron chi connectivity index (χ3n) is 4.99. The Kier molecular flexibility index (Phi) is 6.55. The first-order valence-corrected chi connectivity index (χ1v) is 9.47. The van der Waals surface area contributed by atoms with E-state index in [1.807, 2.05) is 48.8 Å². The zero-order valence-electron chi connectivity index (χ0n) is 15.6. The maximum Gasteiger partial charge on any atom is 0.310 e. The van der Waals surface area contributed by atoms with Crippen LogP contribution in [0.25, 0.3) is 10.8 Å². The second-order valence-corrected chi connectivity index (χ2v) is 7.07. The highest BCUT2D eigenvalue weighted by Crippen LogP contribution is 2.23. The van der Waals surface area contributed by atoms with Gasteiger partial charge < -0.3 is 10.4 Å². The Bertz CT molecular complexity index is 880. The van der Waals surface area contributed by atoms with E-state index in [1.165, 1.54) is 10.9 Å². The molecule has 0 aliphatic heterocycles. The summed E-state index contributed by atoms with van der Waals surface area (Å²) in [6.07, 6.45) is 6.18. The van der Waals surface area contributed by atoms with Crippen LogP contribution >= 0.6 is 0 Å². The molecule has 2 atom stereocenters. The van der Waals surface area contributed by atoms with E-state index in [0.29, 0.717) is 12.5 Å². The molecule has 0 aliphatic rings. The number of pyridine rings is 1. The molecule has 140 valence electrons. The lowest BCUT2D eigenvalue weighted by Crippen LogP contribution is -2.25. The Morgan fingerprint density at radius 2 is 1.89 bits per heavy atom. The molecule has 4 nitrogen and oxygen atoms in total. The number of carboxylic acid groups (broad SMARTS) is 1. The minimum absolute atomic E-state index is 0.336. The van der Waals surface area contributed by atoms with Gasteiger partial charge in [0.25, 0.3) is 0 Å². The topological polar surface area (TPSA) is 62.2 Å². The molecule has 3 aromatic rings. The van der Waals surface area contributed by atoms with Crippen LogP contribution in [-0.4, -0.2) is 22.1 Å². The molecular formula is C23H26N2O2. The quantitative estimate of drug-likeness (QED) is 0.576. The molecule has 0 bridgehead atoms. The van der Waals surface area contributed by atoms with Gasteiger partial charge in [-0.3, -0.25) is 9.78 Å². The van der Waals surface area contributed by atoms with E-state index in [-0.39, 0.29) is 0 Å². The second-order valence-electron chi connectivity index (χ2n) is 7.07. The first kappa shape index (κ1) is 19.1. The zero-order chi connectivity index (χ0) is 19.1. The average Bonchev–Trinajstić information content (AvgIpc) is 2.70. The van der Waals surface area contributed by atoms with Crippen LogP contribution in [-0.2, 0) is 11.3 Å². The number of rotatable bonds is 9. The molecule has 4 heteroatoms. The molecule has 27 heavy (non-hydrogen) atoms. The van der Waals surface area contributed by atoms with Crippen molar-refractivity contribution in [2.45, 2.75) is 44.7 Å². The molecular weight excluding hydrogens is 336 g/mol. The Morgan fingerprint density at radius 1 is 1.07 bits per heavy atom. The summed E-state index contributed by atoms with van der Waals surface area (Å²) >= 11 is 0. The Hall–Kier alpha value is -2.72. The Balaban J connectivity index is 1.47. The lowest BCUT2D eigenvalue weighted by molar-refractivity contribution is -0.139. The van der Waals surface area contributed by atoms with Gasteiger partial charge in [0.1, 0.15) is 0 Å². The Morgan fingerprint density at radius 3 is 2.67 bits per heavy atom. The summed E-state index contributed by atoms with van der Waals surface area (Å²) in [4.78, 5) is 15.7. The smallest absolute Gasteiger partial charge is 0.310 e. The van der Waals surface area contributed by atoms with Gasteiger partial charge in [-0.25, -0.2) is 0 Å². The van der Waals surface area contributed by atoms with E-state index in [4.69, 9.17) is 0 Å². The minimum Gasteiger partial charge on any atom is -0.481 e. The second kappa shape index (κ2) is 9.28. The normalized spacial score (nSPS) is 13.4. The summed E-state index contributed by atoms with van der Waals surface area (Å²) in [7, 11) is 0. The van der Waals surface area contributed by atoms with Gasteiger partial charge in [0, 0.05) is 30.4 Å². The van der Waals surface area contributed by atoms with Crippen molar-refractivity contribution in [3.8, 4) is 0 Å². The third-order valence-corrected chi connectivity index (χ3v) is 4.99. The van der Waals surface area contributed by atoms with Crippen LogP contribution < -0.4 is 5.32 Å². The third kappa shape index (κ3) is 5.38. The molecule has 2 N–H and O–H groups in total. The van der Waals surface area contributed by atoms with E-state index < -0.39 is 11.9 Å². The fourth-order valence-electron chi connectivity index (χ4n) is 3.38. The van der Waals surface area contributed by atoms with Gasteiger partial charge in [-0.15, -0.1) is 0 Å². The summed E-state index contributed by atoms with van der Waals surface area (Å²) in [6, 6.07) is 18.3. The van der Waals surface area contributed by atoms with Crippen molar-refractivity contribution in [2.75, 3.05) is 0 Å². The monoisotopic (exact) mass is 362 g/mol. The molecule has 0 spiro atoms. The van der Waals surface area contributed by atoms with E-state index >= 15 is 0 Å². The average molecular weight is 362 g/mol. The minimum atomic E-state index is -0.743. The molecule has 0 amide bonds. The van der Waals surface area contributed by atoms with Crippen LogP contribution in [0.3, 0.4) is 0 Å². The van der Waals surface area contributed by atoms with Gasteiger partial charge in [0.05, 0.1) is 5.92 Å². The SMILES string of the molecule is C[C@H](CCCC(C(=O)O)c1ccccc1)NCc1ccc2cnccc2c1. The van der Waals surface area contributed by atoms with Crippen molar-refractivity contribution in [2.24, 2.45) is 0 Å². The number of carboxylic acids is 1. The van der Waals surface area contributed by atoms with Crippen LogP contribution in [0.2, 0.25) is 0 Å². The number of aliphatic carboxylic acids is 1. The molecule has 2 aromatic carbocycles. The molecule has 0 aliphatic carbocycles. The molecule has 0 radical (unpaired) electrons. The van der Waals surface area contributed by atoms with Gasteiger partial charge >= 0.3 is 5.97 Å². The number of hydrogen-bond acceptors (Lipinski definition) is 3. The lowest BCUT2D eigenvalue weighted by atomic mass is 9.93. The van der Waals surface area contributed by atoms with Crippen molar-refractivity contribution in [3.63, 3.8) is 0 Å². The number of nitrogens with zero attached hydrogens (tertiary/aromatic N) is 1. The molecule has 0 saturated carbocycles. The van der Waals surface area contributed by atoms with Crippen molar-refractivity contribution in [3.05, 3.63) is 78.1 Å². The van der Waals surface area contributed by atoms with Crippen LogP contribution in [0.5, 0.6) is 0 Å². The maximum atomic E-state index is 11.6. The van der Waals surface area contributed by atoms with Gasteiger partial charge in [-0.2, -0.15) is 0 Å². The summed E-state index contributed by atoms with van der Waals surface area (Å²) in [5, 5.41) is 15.4. The maximum absolute atomic E-state index is 11.6. The lowest BCUT2D eigenvalue weighted by Gasteiger charge is -2.16. The van der Waals surface area contributed by atoms with Crippen LogP contribution in [0.15, 0.2) is 67.0 Å². The number of fused-ring (bicyclic) bond motifs is 1. The largest absolute Gasteiger partial charge is 0.481 e. The highest BCUT2D eigenvalue weighted by molar-refractivity contribution is 5.82. The summed E-state index contributed by atoms with van der Waals surface area (Å²) in [5.74, 6) is -1.17. The highest BCUT2D eigenvalue weighted by atomic mass is 16.4. The standard InChI is InChI=1S/C23H26N2O2/c1-17(6-5-9-22(23(26)27)19-7-3-2-4-8-19)25-15-18-10-11-21-16-24-13-12-20(21)14-18/h2-4,7-8,10-14,16-17,22,25H,5-6,9,15H2,1H3,(H,26,27)/t17-,22?/m1/s1. The molecule has 3 rings (SSSR count). The highest BCUT2D eigenvalue weighted by Gasteiger charge is 2.19. The number of hydrogen-bond donors (Lipinski definition) is 2. The first-order valence-electron chi connectivity index (χ1n) is 9.47.